The quantitative estimate of drug-likeness (QED) is 0.226. The average Bonchev–Trinajstić information content (AvgIpc) is 1.86. The third-order valence-corrected chi connectivity index (χ3v) is 1.88. The molecule has 1 aliphatic carbocycles. The first-order valence-corrected chi connectivity index (χ1v) is 3.16. The predicted molar refractivity (Wildman–Crippen MR) is 35.4 cm³/mol. The zero-order valence-corrected chi connectivity index (χ0v) is 5.50. The van der Waals surface area contributed by atoms with Crippen molar-refractivity contribution in [3.63, 3.8) is 0 Å². The molecular weight excluding hydrogens is 130 g/mol. The summed E-state index contributed by atoms with van der Waals surface area (Å²) in [5.74, 6) is 4.54. The molecule has 1 saturated carbocycles. The first-order valence-electron chi connectivity index (χ1n) is 3.16. The van der Waals surface area contributed by atoms with Gasteiger partial charge < -0.3 is 4.85 Å². The molecular formula is C6H9N3O. The van der Waals surface area contributed by atoms with E-state index in [0.29, 0.717) is 0 Å². The molecule has 1 aliphatic rings. The Labute approximate surface area is 59.2 Å². The topological polar surface area (TPSA) is 59.5 Å². The number of nitrogens with zero attached hydrogens (tertiary/aromatic N) is 1. The second-order valence-corrected chi connectivity index (χ2v) is 2.39. The molecule has 0 aromatic carbocycles. The van der Waals surface area contributed by atoms with E-state index in [1.54, 1.807) is 0 Å². The van der Waals surface area contributed by atoms with Crippen molar-refractivity contribution in [3.05, 3.63) is 11.4 Å². The van der Waals surface area contributed by atoms with Crippen molar-refractivity contribution in [1.82, 2.24) is 5.43 Å². The van der Waals surface area contributed by atoms with Gasteiger partial charge in [-0.1, -0.05) is 0 Å². The van der Waals surface area contributed by atoms with Crippen LogP contribution in [-0.4, -0.2) is 11.9 Å². The van der Waals surface area contributed by atoms with Crippen LogP contribution in [0.2, 0.25) is 0 Å². The lowest BCUT2D eigenvalue weighted by molar-refractivity contribution is -0.127. The van der Waals surface area contributed by atoms with Crippen LogP contribution in [0.5, 0.6) is 0 Å². The van der Waals surface area contributed by atoms with E-state index in [9.17, 15) is 4.79 Å². The van der Waals surface area contributed by atoms with Crippen molar-refractivity contribution in [2.75, 3.05) is 0 Å². The van der Waals surface area contributed by atoms with Crippen LogP contribution >= 0.6 is 0 Å². The number of hydrazine groups is 1. The normalized spacial score (nSPS) is 30.0. The molecule has 0 radical (unpaired) electrons. The van der Waals surface area contributed by atoms with Gasteiger partial charge in [-0.25, -0.2) is 12.4 Å². The molecule has 54 valence electrons. The summed E-state index contributed by atoms with van der Waals surface area (Å²) < 4.78 is 0. The van der Waals surface area contributed by atoms with E-state index in [0.717, 1.165) is 12.8 Å². The Hall–Kier alpha value is -1.08. The van der Waals surface area contributed by atoms with Crippen molar-refractivity contribution in [2.45, 2.75) is 18.9 Å². The van der Waals surface area contributed by atoms with Crippen molar-refractivity contribution in [3.8, 4) is 0 Å². The lowest BCUT2D eigenvalue weighted by Crippen LogP contribution is -2.45. The van der Waals surface area contributed by atoms with Crippen LogP contribution in [0.1, 0.15) is 12.8 Å². The highest BCUT2D eigenvalue weighted by atomic mass is 16.2. The Kier molecular flexibility index (Phi) is 1.88. The minimum Gasteiger partial charge on any atom is -0.313 e. The van der Waals surface area contributed by atoms with Crippen LogP contribution in [0.25, 0.3) is 4.85 Å². The van der Waals surface area contributed by atoms with Gasteiger partial charge in [-0.05, 0) is 6.42 Å². The Balaban J connectivity index is 2.44. The number of rotatable bonds is 1. The maximum Gasteiger partial charge on any atom is 0.244 e. The van der Waals surface area contributed by atoms with Gasteiger partial charge in [0, 0.05) is 6.42 Å². The second kappa shape index (κ2) is 2.67. The molecule has 0 aromatic rings. The van der Waals surface area contributed by atoms with E-state index in [4.69, 9.17) is 12.4 Å². The van der Waals surface area contributed by atoms with E-state index in [-0.39, 0.29) is 17.9 Å². The highest BCUT2D eigenvalue weighted by molar-refractivity contribution is 5.80. The zero-order valence-electron chi connectivity index (χ0n) is 5.50. The molecule has 1 fully saturated rings. The second-order valence-electron chi connectivity index (χ2n) is 2.39. The van der Waals surface area contributed by atoms with Gasteiger partial charge in [0.05, 0.1) is 0 Å². The summed E-state index contributed by atoms with van der Waals surface area (Å²) in [7, 11) is 0. The van der Waals surface area contributed by atoms with Gasteiger partial charge >= 0.3 is 0 Å². The number of hydrogen-bond acceptors (Lipinski definition) is 2. The Bertz CT molecular complexity index is 184. The van der Waals surface area contributed by atoms with Crippen LogP contribution in [0.4, 0.5) is 0 Å². The Morgan fingerprint density at radius 2 is 2.40 bits per heavy atom. The summed E-state index contributed by atoms with van der Waals surface area (Å²) in [5, 5.41) is 0. The third kappa shape index (κ3) is 0.957. The molecule has 0 heterocycles. The smallest absolute Gasteiger partial charge is 0.244 e. The van der Waals surface area contributed by atoms with E-state index in [1.165, 1.54) is 0 Å². The fraction of sp³-hybridized carbons (Fsp3) is 0.667. The maximum absolute atomic E-state index is 10.8. The highest BCUT2D eigenvalue weighted by Crippen LogP contribution is 2.30. The molecule has 0 saturated heterocycles. The average molecular weight is 139 g/mol. The number of amides is 1. The molecule has 4 nitrogen and oxygen atoms in total. The number of hydrogen-bond donors (Lipinski definition) is 2. The lowest BCUT2D eigenvalue weighted by Gasteiger charge is -2.24. The molecule has 4 heteroatoms. The minimum atomic E-state index is -0.202. The largest absolute Gasteiger partial charge is 0.313 e. The maximum atomic E-state index is 10.8. The zero-order chi connectivity index (χ0) is 7.56. The van der Waals surface area contributed by atoms with E-state index < -0.39 is 0 Å². The third-order valence-electron chi connectivity index (χ3n) is 1.88. The summed E-state index contributed by atoms with van der Waals surface area (Å²) in [6, 6.07) is -0.122. The van der Waals surface area contributed by atoms with E-state index in [1.807, 2.05) is 5.43 Å². The van der Waals surface area contributed by atoms with Gasteiger partial charge in [-0.3, -0.25) is 10.2 Å². The predicted octanol–water partition coefficient (Wildman–Crippen LogP) is -0.326. The number of carbonyl (C=O) groups is 1. The van der Waals surface area contributed by atoms with Crippen LogP contribution in [0.15, 0.2) is 0 Å². The minimum absolute atomic E-state index is 0.122. The molecule has 0 bridgehead atoms. The molecule has 1 rings (SSSR count). The lowest BCUT2D eigenvalue weighted by atomic mass is 9.79. The SMILES string of the molecule is [C-]#[N+][C@H]1CC[C@@H]1C(=O)NN. The first-order chi connectivity index (χ1) is 4.79. The van der Waals surface area contributed by atoms with E-state index in [2.05, 4.69) is 4.85 Å². The fourth-order valence-electron chi connectivity index (χ4n) is 1.05. The molecule has 1 amide bonds. The summed E-state index contributed by atoms with van der Waals surface area (Å²) >= 11 is 0. The number of nitrogens with two attached hydrogens (primary N) is 1. The van der Waals surface area contributed by atoms with Crippen LogP contribution in [-0.2, 0) is 4.79 Å². The van der Waals surface area contributed by atoms with Crippen LogP contribution in [0.3, 0.4) is 0 Å². The first kappa shape index (κ1) is 7.03. The van der Waals surface area contributed by atoms with Gasteiger partial charge in [-0.2, -0.15) is 0 Å². The molecule has 0 aromatic heterocycles. The van der Waals surface area contributed by atoms with Gasteiger partial charge in [0.2, 0.25) is 11.9 Å². The molecule has 0 aliphatic heterocycles. The fourth-order valence-corrected chi connectivity index (χ4v) is 1.05. The number of nitrogens with one attached hydrogen (secondary N) is 1. The molecule has 3 N–H and O–H groups in total. The summed E-state index contributed by atoms with van der Waals surface area (Å²) in [6.45, 7) is 6.66. The van der Waals surface area contributed by atoms with Crippen LogP contribution in [0, 0.1) is 12.5 Å². The molecule has 0 unspecified atom stereocenters. The molecule has 10 heavy (non-hydrogen) atoms. The Morgan fingerprint density at radius 1 is 1.70 bits per heavy atom. The van der Waals surface area contributed by atoms with Crippen molar-refractivity contribution < 1.29 is 4.79 Å². The molecule has 2 atom stereocenters. The Morgan fingerprint density at radius 3 is 2.70 bits per heavy atom. The summed E-state index contributed by atoms with van der Waals surface area (Å²) in [4.78, 5) is 14.1. The summed E-state index contributed by atoms with van der Waals surface area (Å²) in [6.07, 6.45) is 1.64. The molecule has 0 spiro atoms. The standard InChI is InChI=1S/C6H9N3O/c1-8-5-3-2-4(5)6(10)9-7/h4-5H,2-3,7H2,(H,9,10)/t4-,5-/m0/s1. The number of carbonyl (C=O) groups excluding carboxylic acids is 1. The highest BCUT2D eigenvalue weighted by Gasteiger charge is 2.41. The summed E-state index contributed by atoms with van der Waals surface area (Å²) in [5.41, 5.74) is 2.05. The monoisotopic (exact) mass is 139 g/mol. The van der Waals surface area contributed by atoms with Crippen molar-refractivity contribution in [2.24, 2.45) is 11.8 Å². The van der Waals surface area contributed by atoms with Gasteiger partial charge in [-0.15, -0.1) is 0 Å². The van der Waals surface area contributed by atoms with Gasteiger partial charge in [0.15, 0.2) is 0 Å². The van der Waals surface area contributed by atoms with E-state index >= 15 is 0 Å². The van der Waals surface area contributed by atoms with Gasteiger partial charge in [0.1, 0.15) is 5.92 Å². The van der Waals surface area contributed by atoms with Crippen molar-refractivity contribution >= 4 is 5.91 Å². The van der Waals surface area contributed by atoms with Crippen LogP contribution < -0.4 is 11.3 Å². The van der Waals surface area contributed by atoms with Crippen molar-refractivity contribution in [1.29, 1.82) is 0 Å². The van der Waals surface area contributed by atoms with Gasteiger partial charge in [0.25, 0.3) is 0 Å².